The Morgan fingerprint density at radius 1 is 0.908 bits per heavy atom. The third-order valence-electron chi connectivity index (χ3n) is 24.6. The molecule has 0 spiro atoms. The normalized spacial score (nSPS) is 45.4. The fraction of sp³-hybridized carbons (Fsp3) is 0.706. The number of aliphatic hydroxyl groups excluding tert-OH is 5. The average Bonchev–Trinajstić information content (AvgIpc) is 1.62. The van der Waals surface area contributed by atoms with Gasteiger partial charge in [-0.15, -0.1) is 5.92 Å². The third-order valence-corrected chi connectivity index (χ3v) is 27.1. The second-order valence-electron chi connectivity index (χ2n) is 28.9. The van der Waals surface area contributed by atoms with Gasteiger partial charge in [0.25, 0.3) is 0 Å². The number of H-pyrrole nitrogens is 1. The van der Waals surface area contributed by atoms with E-state index in [2.05, 4.69) is 47.1 Å². The number of aliphatic hydroxyl groups is 7. The number of nitrogens with one attached hydrogen (secondary N) is 2. The Hall–Kier alpha value is -4.36. The molecule has 2 saturated heterocycles. The highest BCUT2D eigenvalue weighted by atomic mass is 33.1. The summed E-state index contributed by atoms with van der Waals surface area (Å²) in [6, 6.07) is 7.29. The quantitative estimate of drug-likeness (QED) is 0.0330. The zero-order valence-corrected chi connectivity index (χ0v) is 52.4. The minimum Gasteiger partial charge on any atom is -0.508 e. The van der Waals surface area contributed by atoms with Gasteiger partial charge in [0.1, 0.15) is 17.9 Å². The molecule has 12 rings (SSSR count). The van der Waals surface area contributed by atoms with Gasteiger partial charge in [-0.2, -0.15) is 0 Å². The summed E-state index contributed by atoms with van der Waals surface area (Å²) in [7, 11) is 2.97. The molecule has 2 aliphatic heterocycles. The van der Waals surface area contributed by atoms with E-state index in [0.29, 0.717) is 30.1 Å². The molecule has 1 aromatic heterocycles. The summed E-state index contributed by atoms with van der Waals surface area (Å²) in [5.74, 6) is 1.88. The molecule has 14 N–H and O–H groups in total. The summed E-state index contributed by atoms with van der Waals surface area (Å²) in [5.41, 5.74) is 9.13. The number of fused-ring (bicyclic) bond motifs is 8. The second-order valence-corrected chi connectivity index (χ2v) is 31.5. The Labute approximate surface area is 519 Å². The van der Waals surface area contributed by atoms with Gasteiger partial charge >= 0.3 is 5.97 Å². The summed E-state index contributed by atoms with van der Waals surface area (Å²) in [6.45, 7) is 7.07. The Bertz CT molecular complexity index is 3070. The van der Waals surface area contributed by atoms with Crippen LogP contribution in [0.3, 0.4) is 0 Å². The van der Waals surface area contributed by atoms with E-state index in [1.807, 2.05) is 25.4 Å². The van der Waals surface area contributed by atoms with Crippen molar-refractivity contribution in [1.82, 2.24) is 10.3 Å². The van der Waals surface area contributed by atoms with E-state index >= 15 is 4.79 Å². The van der Waals surface area contributed by atoms with Gasteiger partial charge in [-0.05, 0) is 178 Å². The third kappa shape index (κ3) is 10.5. The highest BCUT2D eigenvalue weighted by Crippen LogP contribution is 2.73. The van der Waals surface area contributed by atoms with Crippen LogP contribution in [0, 0.1) is 106 Å². The number of phenolic OH excluding ortho intramolecular Hbond substituents is 1. The minimum absolute atomic E-state index is 0.00384. The van der Waals surface area contributed by atoms with Crippen LogP contribution in [0.1, 0.15) is 141 Å². The summed E-state index contributed by atoms with van der Waals surface area (Å²) < 4.78 is 6.40. The number of carbonyl (C=O) groups is 3. The molecule has 87 heavy (non-hydrogen) atoms. The Morgan fingerprint density at radius 3 is 2.39 bits per heavy atom. The molecular formula is C68H93N5O12S2. The molecule has 1 aromatic carbocycles. The highest BCUT2D eigenvalue weighted by molar-refractivity contribution is 8.76. The monoisotopic (exact) mass is 1240 g/mol. The van der Waals surface area contributed by atoms with Crippen LogP contribution in [0.4, 0.5) is 0 Å². The van der Waals surface area contributed by atoms with E-state index in [1.165, 1.54) is 27.2 Å². The number of aromatic amines is 1. The SMILES string of the molecule is CCC1OC(=O)C(c2cc[nH]c2)C1C1C#CCC2CC3(O)C4=C5NC(CO)C(=O)CC(c6ccc(O)cc6)CSSCC6C(O)C(O)CC(C)(C4CCC3(CCN=C(N)N)C2C(C)(O)C(O)CC(CO)C2C3C=C4CCC(C)CC4C2C1CC3)C6C5=O. The predicted molar refractivity (Wildman–Crippen MR) is 333 cm³/mol. The Kier molecular flexibility index (Phi) is 17.6. The number of guanidine groups is 1. The van der Waals surface area contributed by atoms with Crippen LogP contribution in [0.5, 0.6) is 5.75 Å². The van der Waals surface area contributed by atoms with Crippen molar-refractivity contribution in [2.24, 2.45) is 110 Å². The molecule has 25 atom stereocenters. The maximum absolute atomic E-state index is 16.3. The standard InChI is InChI=1S/C68H93N5O12S2/c1-5-51-56(54(63(82)85-51)39-18-21-71-29-39)43-8-6-7-38-27-68(84)58-47(65(3)28-50(78)60(80)46-33-87-86-32-41(35-11-14-42(76)15-12-35)25-49(77)48(31-75)73-59(58)61(81)57(46)65)17-19-67(68,20-22-72-64(69)70)62(38)66(4,83)52(79)26-40(30-74)53-37-13-16-44(43)55(53)45-23-34(2)9-10-36(45)24-37/h11-12,14-15,18,21,24,29,34,37-38,40-41,43-48,50-57,60,62,71,73-76,78-80,83-84H,5,7,9-10,13,16-17,19-20,22-23,25-28,30-33H2,1-4H3,(H4,69,70,72). The number of aliphatic imine (C=N–C) groups is 1. The minimum atomic E-state index is -2.02. The Balaban J connectivity index is 1.05. The lowest BCUT2D eigenvalue weighted by atomic mass is 9.43. The lowest BCUT2D eigenvalue weighted by Gasteiger charge is -2.63. The highest BCUT2D eigenvalue weighted by Gasteiger charge is 2.75. The van der Waals surface area contributed by atoms with Crippen LogP contribution >= 0.6 is 21.6 Å². The van der Waals surface area contributed by atoms with E-state index in [-0.39, 0.29) is 140 Å². The molecule has 19 heteroatoms. The first-order valence-corrected chi connectivity index (χ1v) is 35.0. The van der Waals surface area contributed by atoms with E-state index < -0.39 is 106 Å². The molecule has 7 fully saturated rings. The molecule has 474 valence electrons. The van der Waals surface area contributed by atoms with Gasteiger partial charge < -0.3 is 67.4 Å². The summed E-state index contributed by atoms with van der Waals surface area (Å²) >= 11 is 0. The first-order chi connectivity index (χ1) is 41.6. The van der Waals surface area contributed by atoms with Crippen molar-refractivity contribution in [3.05, 3.63) is 76.8 Å². The number of rotatable bonds is 9. The molecule has 25 unspecified atom stereocenters. The number of cyclic esters (lactones) is 1. The van der Waals surface area contributed by atoms with Crippen molar-refractivity contribution in [3.63, 3.8) is 0 Å². The number of benzene rings is 1. The van der Waals surface area contributed by atoms with Crippen molar-refractivity contribution in [3.8, 4) is 17.6 Å². The van der Waals surface area contributed by atoms with Gasteiger partial charge in [-0.1, -0.05) is 72.1 Å². The van der Waals surface area contributed by atoms with Crippen molar-refractivity contribution in [2.45, 2.75) is 171 Å². The number of allylic oxidation sites excluding steroid dienone is 3. The lowest BCUT2D eigenvalue weighted by molar-refractivity contribution is -0.195. The van der Waals surface area contributed by atoms with E-state index in [9.17, 15) is 50.4 Å². The molecular weight excluding hydrogens is 1140 g/mol. The van der Waals surface area contributed by atoms with Gasteiger partial charge in [-0.25, -0.2) is 0 Å². The predicted octanol–water partition coefficient (Wildman–Crippen LogP) is 6.24. The van der Waals surface area contributed by atoms with Gasteiger partial charge in [0, 0.05) is 90.8 Å². The molecule has 6 bridgehead atoms. The number of hydrogen-bond donors (Lipinski definition) is 12. The van der Waals surface area contributed by atoms with E-state index in [4.69, 9.17) is 16.2 Å². The summed E-state index contributed by atoms with van der Waals surface area (Å²) in [4.78, 5) is 53.4. The van der Waals surface area contributed by atoms with Gasteiger partial charge in [0.05, 0.1) is 47.7 Å². The maximum Gasteiger partial charge on any atom is 0.314 e. The molecule has 10 aliphatic rings. The number of carbonyl (C=O) groups excluding carboxylic acids is 3. The number of nitrogens with two attached hydrogens (primary N) is 2. The molecule has 8 aliphatic carbocycles. The van der Waals surface area contributed by atoms with Crippen LogP contribution < -0.4 is 16.8 Å². The number of ketones is 2. The molecule has 3 heterocycles. The number of Topliss-reactive ketones (excluding diaryl/α,β-unsaturated/α-hetero) is 2. The second kappa shape index (κ2) is 24.4. The first-order valence-electron chi connectivity index (χ1n) is 32.5. The zero-order valence-electron chi connectivity index (χ0n) is 50.8. The Morgan fingerprint density at radius 2 is 1.68 bits per heavy atom. The smallest absolute Gasteiger partial charge is 0.314 e. The first kappa shape index (κ1) is 62.8. The average molecular weight is 1240 g/mol. The number of hydrogen-bond acceptors (Lipinski definition) is 16. The molecule has 0 amide bonds. The van der Waals surface area contributed by atoms with Crippen LogP contribution in [0.15, 0.2) is 70.6 Å². The van der Waals surface area contributed by atoms with Gasteiger partial charge in [-0.3, -0.25) is 19.4 Å². The van der Waals surface area contributed by atoms with E-state index in [1.54, 1.807) is 31.2 Å². The fourth-order valence-electron chi connectivity index (χ4n) is 21.0. The van der Waals surface area contributed by atoms with Crippen LogP contribution in [-0.4, -0.2) is 142 Å². The number of phenols is 1. The topological polar surface area (TPSA) is 315 Å². The van der Waals surface area contributed by atoms with Crippen molar-refractivity contribution >= 4 is 45.1 Å². The van der Waals surface area contributed by atoms with Crippen molar-refractivity contribution < 1.29 is 60.0 Å². The van der Waals surface area contributed by atoms with Crippen molar-refractivity contribution in [1.29, 1.82) is 0 Å². The molecule has 0 radical (unpaired) electrons. The van der Waals surface area contributed by atoms with Crippen LogP contribution in [0.2, 0.25) is 0 Å². The summed E-state index contributed by atoms with van der Waals surface area (Å²) in [5, 5.41) is 103. The summed E-state index contributed by atoms with van der Waals surface area (Å²) in [6.07, 6.45) is 7.93. The fourth-order valence-corrected chi connectivity index (χ4v) is 23.7. The largest absolute Gasteiger partial charge is 0.508 e. The number of esters is 1. The lowest BCUT2D eigenvalue weighted by Crippen LogP contribution is -2.67. The number of nitrogens with zero attached hydrogens (tertiary/aromatic N) is 1. The number of aromatic hydroxyl groups is 1. The number of ether oxygens (including phenoxy) is 1. The zero-order chi connectivity index (χ0) is 61.6. The molecule has 17 nitrogen and oxygen atoms in total. The van der Waals surface area contributed by atoms with E-state index in [0.717, 1.165) is 43.2 Å². The number of aromatic nitrogens is 1. The molecule has 2 aromatic rings. The molecule has 5 saturated carbocycles. The van der Waals surface area contributed by atoms with Gasteiger partial charge in [0.15, 0.2) is 17.5 Å². The van der Waals surface area contributed by atoms with Crippen LogP contribution in [0.25, 0.3) is 0 Å². The van der Waals surface area contributed by atoms with Gasteiger partial charge in [0.2, 0.25) is 0 Å². The maximum atomic E-state index is 16.3. The van der Waals surface area contributed by atoms with Crippen LogP contribution in [-0.2, 0) is 19.1 Å². The van der Waals surface area contributed by atoms with Crippen molar-refractivity contribution in [2.75, 3.05) is 31.3 Å².